The van der Waals surface area contributed by atoms with Crippen LogP contribution in [0.15, 0.2) is 18.5 Å². The third-order valence-electron chi connectivity index (χ3n) is 2.22. The van der Waals surface area contributed by atoms with Crippen LogP contribution in [0.5, 0.6) is 0 Å². The number of aromatic nitrogens is 3. The molecule has 2 heterocycles. The first-order valence-electron chi connectivity index (χ1n) is 4.79. The van der Waals surface area contributed by atoms with E-state index in [0.29, 0.717) is 11.9 Å². The Labute approximate surface area is 95.1 Å². The Morgan fingerprint density at radius 2 is 2.06 bits per heavy atom. The van der Waals surface area contributed by atoms with Crippen molar-refractivity contribution in [1.29, 1.82) is 0 Å². The van der Waals surface area contributed by atoms with E-state index >= 15 is 0 Å². The van der Waals surface area contributed by atoms with E-state index in [1.807, 2.05) is 0 Å². The summed E-state index contributed by atoms with van der Waals surface area (Å²) >= 11 is 0. The number of nitrogens with zero attached hydrogens (tertiary/aromatic N) is 3. The first-order chi connectivity index (χ1) is 8.08. The second kappa shape index (κ2) is 4.44. The van der Waals surface area contributed by atoms with E-state index in [-0.39, 0.29) is 12.4 Å². The lowest BCUT2D eigenvalue weighted by molar-refractivity contribution is 0.466. The van der Waals surface area contributed by atoms with Crippen LogP contribution in [0.2, 0.25) is 0 Å². The molecule has 0 unspecified atom stereocenters. The van der Waals surface area contributed by atoms with Gasteiger partial charge in [0.1, 0.15) is 5.82 Å². The molecular formula is C10H9F3N4. The lowest BCUT2D eigenvalue weighted by Gasteiger charge is -2.06. The summed E-state index contributed by atoms with van der Waals surface area (Å²) in [4.78, 5) is 7.12. The fourth-order valence-electron chi connectivity index (χ4n) is 1.30. The Kier molecular flexibility index (Phi) is 2.99. The van der Waals surface area contributed by atoms with Crippen LogP contribution >= 0.6 is 0 Å². The van der Waals surface area contributed by atoms with Crippen LogP contribution in [0.1, 0.15) is 5.82 Å². The van der Waals surface area contributed by atoms with Gasteiger partial charge in [0, 0.05) is 25.5 Å². The van der Waals surface area contributed by atoms with Gasteiger partial charge in [-0.2, -0.15) is 9.37 Å². The van der Waals surface area contributed by atoms with Crippen molar-refractivity contribution < 1.29 is 13.2 Å². The standard InChI is InChI=1S/C10H9F3N4/c1-17-3-2-14-8(17)5-15-10-7(12)4-6(11)9(13)16-10/h2-4H,5H2,1H3,(H,15,16). The summed E-state index contributed by atoms with van der Waals surface area (Å²) in [7, 11) is 1.76. The Balaban J connectivity index is 2.14. The third-order valence-corrected chi connectivity index (χ3v) is 2.22. The van der Waals surface area contributed by atoms with Gasteiger partial charge in [-0.05, 0) is 0 Å². The zero-order valence-electron chi connectivity index (χ0n) is 8.91. The fourth-order valence-corrected chi connectivity index (χ4v) is 1.30. The predicted octanol–water partition coefficient (Wildman–Crippen LogP) is 1.84. The average molecular weight is 242 g/mol. The number of hydrogen-bond acceptors (Lipinski definition) is 3. The van der Waals surface area contributed by atoms with Crippen LogP contribution in [0, 0.1) is 17.6 Å². The van der Waals surface area contributed by atoms with Gasteiger partial charge in [0.05, 0.1) is 6.54 Å². The number of anilines is 1. The minimum absolute atomic E-state index is 0.165. The van der Waals surface area contributed by atoms with Crippen molar-refractivity contribution in [3.05, 3.63) is 41.9 Å². The lowest BCUT2D eigenvalue weighted by atomic mass is 10.4. The minimum atomic E-state index is -1.34. The van der Waals surface area contributed by atoms with Crippen LogP contribution in [0.25, 0.3) is 0 Å². The van der Waals surface area contributed by atoms with E-state index in [1.54, 1.807) is 24.0 Å². The fraction of sp³-hybridized carbons (Fsp3) is 0.200. The molecule has 0 fully saturated rings. The highest BCUT2D eigenvalue weighted by molar-refractivity contribution is 5.36. The molecule has 0 aromatic carbocycles. The molecule has 4 nitrogen and oxygen atoms in total. The molecule has 0 aliphatic rings. The molecule has 17 heavy (non-hydrogen) atoms. The van der Waals surface area contributed by atoms with Crippen molar-refractivity contribution in [2.24, 2.45) is 7.05 Å². The number of imidazole rings is 1. The van der Waals surface area contributed by atoms with Gasteiger partial charge in [-0.25, -0.2) is 13.8 Å². The van der Waals surface area contributed by atoms with Gasteiger partial charge in [0.2, 0.25) is 0 Å². The summed E-state index contributed by atoms with van der Waals surface area (Å²) in [6, 6.07) is 0.448. The average Bonchev–Trinajstić information content (AvgIpc) is 2.68. The molecule has 1 N–H and O–H groups in total. The summed E-state index contributed by atoms with van der Waals surface area (Å²) in [5, 5.41) is 2.55. The van der Waals surface area contributed by atoms with Crippen LogP contribution in [0.4, 0.5) is 19.0 Å². The Morgan fingerprint density at radius 3 is 2.71 bits per heavy atom. The second-order valence-electron chi connectivity index (χ2n) is 3.40. The van der Waals surface area contributed by atoms with E-state index in [1.165, 1.54) is 0 Å². The van der Waals surface area contributed by atoms with E-state index in [9.17, 15) is 13.2 Å². The number of rotatable bonds is 3. The van der Waals surface area contributed by atoms with Gasteiger partial charge >= 0.3 is 0 Å². The molecule has 0 bridgehead atoms. The quantitative estimate of drug-likeness (QED) is 0.835. The first-order valence-corrected chi connectivity index (χ1v) is 4.79. The third kappa shape index (κ3) is 2.38. The molecule has 0 aliphatic carbocycles. The highest BCUT2D eigenvalue weighted by atomic mass is 19.2. The number of hydrogen-bond donors (Lipinski definition) is 1. The normalized spacial score (nSPS) is 10.6. The molecular weight excluding hydrogens is 233 g/mol. The Hall–Kier alpha value is -2.05. The van der Waals surface area contributed by atoms with Crippen molar-refractivity contribution in [3.8, 4) is 0 Å². The SMILES string of the molecule is Cn1ccnc1CNc1nc(F)c(F)cc1F. The first kappa shape index (κ1) is 11.4. The van der Waals surface area contributed by atoms with Gasteiger partial charge < -0.3 is 9.88 Å². The topological polar surface area (TPSA) is 42.7 Å². The number of nitrogens with one attached hydrogen (secondary N) is 1. The van der Waals surface area contributed by atoms with Gasteiger partial charge in [-0.1, -0.05) is 0 Å². The highest BCUT2D eigenvalue weighted by Crippen LogP contribution is 2.14. The number of aryl methyl sites for hydroxylation is 1. The largest absolute Gasteiger partial charge is 0.360 e. The smallest absolute Gasteiger partial charge is 0.251 e. The van der Waals surface area contributed by atoms with Gasteiger partial charge in [-0.15, -0.1) is 0 Å². The second-order valence-corrected chi connectivity index (χ2v) is 3.40. The maximum absolute atomic E-state index is 13.2. The molecule has 0 saturated heterocycles. The van der Waals surface area contributed by atoms with E-state index in [4.69, 9.17) is 0 Å². The molecule has 2 aromatic rings. The molecule has 7 heteroatoms. The molecule has 0 aliphatic heterocycles. The zero-order valence-corrected chi connectivity index (χ0v) is 8.91. The van der Waals surface area contributed by atoms with Gasteiger partial charge in [0.25, 0.3) is 5.95 Å². The van der Waals surface area contributed by atoms with Crippen molar-refractivity contribution >= 4 is 5.82 Å². The maximum Gasteiger partial charge on any atom is 0.251 e. The summed E-state index contributed by atoms with van der Waals surface area (Å²) in [6.45, 7) is 0.165. The molecule has 2 aromatic heterocycles. The van der Waals surface area contributed by atoms with E-state index in [0.717, 1.165) is 0 Å². The molecule has 0 saturated carbocycles. The van der Waals surface area contributed by atoms with E-state index in [2.05, 4.69) is 15.3 Å². The van der Waals surface area contributed by atoms with Crippen molar-refractivity contribution in [3.63, 3.8) is 0 Å². The molecule has 0 spiro atoms. The molecule has 0 amide bonds. The Morgan fingerprint density at radius 1 is 1.29 bits per heavy atom. The number of halogens is 3. The molecule has 90 valence electrons. The zero-order chi connectivity index (χ0) is 12.4. The summed E-state index contributed by atoms with van der Waals surface area (Å²) in [5.74, 6) is -3.32. The Bertz CT molecular complexity index is 538. The van der Waals surface area contributed by atoms with E-state index < -0.39 is 17.6 Å². The lowest BCUT2D eigenvalue weighted by Crippen LogP contribution is -2.09. The van der Waals surface area contributed by atoms with Gasteiger partial charge in [0.15, 0.2) is 17.5 Å². The predicted molar refractivity (Wildman–Crippen MR) is 54.6 cm³/mol. The van der Waals surface area contributed by atoms with Crippen molar-refractivity contribution in [1.82, 2.24) is 14.5 Å². The molecule has 0 atom stereocenters. The van der Waals surface area contributed by atoms with Crippen LogP contribution < -0.4 is 5.32 Å². The van der Waals surface area contributed by atoms with Gasteiger partial charge in [-0.3, -0.25) is 0 Å². The maximum atomic E-state index is 13.2. The molecule has 0 radical (unpaired) electrons. The van der Waals surface area contributed by atoms with Crippen LogP contribution in [-0.4, -0.2) is 14.5 Å². The number of pyridine rings is 1. The van der Waals surface area contributed by atoms with Crippen molar-refractivity contribution in [2.75, 3.05) is 5.32 Å². The highest BCUT2D eigenvalue weighted by Gasteiger charge is 2.11. The summed E-state index contributed by atoms with van der Waals surface area (Å²) in [5.41, 5.74) is 0. The summed E-state index contributed by atoms with van der Waals surface area (Å²) < 4.78 is 40.3. The summed E-state index contributed by atoms with van der Waals surface area (Å²) in [6.07, 6.45) is 3.29. The van der Waals surface area contributed by atoms with Crippen LogP contribution in [0.3, 0.4) is 0 Å². The minimum Gasteiger partial charge on any atom is -0.360 e. The monoisotopic (exact) mass is 242 g/mol. The van der Waals surface area contributed by atoms with Crippen molar-refractivity contribution in [2.45, 2.75) is 6.54 Å². The van der Waals surface area contributed by atoms with Crippen LogP contribution in [-0.2, 0) is 13.6 Å². The molecule has 2 rings (SSSR count).